The van der Waals surface area contributed by atoms with Crippen LogP contribution in [0.4, 0.5) is 10.3 Å². The van der Waals surface area contributed by atoms with Crippen molar-refractivity contribution in [3.05, 3.63) is 112 Å². The third kappa shape index (κ3) is 2.83. The Morgan fingerprint density at radius 3 is 2.58 bits per heavy atom. The average Bonchev–Trinajstić information content (AvgIpc) is 3.27. The summed E-state index contributed by atoms with van der Waals surface area (Å²) in [7, 11) is 0. The number of aromatic nitrogens is 3. The highest BCUT2D eigenvalue weighted by Gasteiger charge is 2.41. The van der Waals surface area contributed by atoms with Gasteiger partial charge in [-0.3, -0.25) is 0 Å². The van der Waals surface area contributed by atoms with E-state index < -0.39 is 6.10 Å². The summed E-state index contributed by atoms with van der Waals surface area (Å²) in [5, 5.41) is 8.51. The number of halogens is 2. The predicted molar refractivity (Wildman–Crippen MR) is 116 cm³/mol. The van der Waals surface area contributed by atoms with Crippen molar-refractivity contribution in [2.75, 3.05) is 5.32 Å². The van der Waals surface area contributed by atoms with Crippen molar-refractivity contribution in [1.82, 2.24) is 14.8 Å². The van der Waals surface area contributed by atoms with Crippen LogP contribution in [-0.2, 0) is 0 Å². The van der Waals surface area contributed by atoms with Gasteiger partial charge in [0, 0.05) is 21.7 Å². The molecule has 0 spiro atoms. The Balaban J connectivity index is 1.65. The molecule has 0 radical (unpaired) electrons. The summed E-state index contributed by atoms with van der Waals surface area (Å²) in [6.07, 6.45) is 1.05. The third-order valence-electron chi connectivity index (χ3n) is 5.69. The summed E-state index contributed by atoms with van der Waals surface area (Å²) in [4.78, 5) is 4.39. The number of nitrogens with one attached hydrogen (secondary N) is 1. The number of ether oxygens (including phenoxy) is 1. The lowest BCUT2D eigenvalue weighted by Crippen LogP contribution is -2.32. The van der Waals surface area contributed by atoms with Crippen LogP contribution in [0.2, 0.25) is 5.02 Å². The summed E-state index contributed by atoms with van der Waals surface area (Å²) in [5.41, 5.74) is 4.51. The van der Waals surface area contributed by atoms with E-state index in [0.717, 1.165) is 33.7 Å². The van der Waals surface area contributed by atoms with Gasteiger partial charge in [-0.15, -0.1) is 0 Å². The van der Waals surface area contributed by atoms with Crippen molar-refractivity contribution in [3.63, 3.8) is 0 Å². The molecule has 3 aromatic carbocycles. The number of para-hydroxylation sites is 1. The van der Waals surface area contributed by atoms with Crippen molar-refractivity contribution < 1.29 is 9.13 Å². The molecule has 1 aromatic heterocycles. The molecule has 0 fully saturated rings. The van der Waals surface area contributed by atoms with E-state index in [9.17, 15) is 4.39 Å². The molecule has 0 saturated heterocycles. The SMILES string of the molecule is Fc1ccc([C@@H]2C3=C(Nc4ncnn42)c2ccccc2O[C@@H]3c2ccccc2Cl)cc1. The molecule has 0 amide bonds. The van der Waals surface area contributed by atoms with E-state index in [1.807, 2.05) is 48.5 Å². The van der Waals surface area contributed by atoms with E-state index in [-0.39, 0.29) is 11.9 Å². The summed E-state index contributed by atoms with van der Waals surface area (Å²) in [5.74, 6) is 1.07. The van der Waals surface area contributed by atoms with Gasteiger partial charge in [0.15, 0.2) is 6.10 Å². The first-order chi connectivity index (χ1) is 15.2. The average molecular weight is 431 g/mol. The highest BCUT2D eigenvalue weighted by atomic mass is 35.5. The number of hydrogen-bond donors (Lipinski definition) is 1. The minimum absolute atomic E-state index is 0.293. The second kappa shape index (κ2) is 6.96. The smallest absolute Gasteiger partial charge is 0.226 e. The van der Waals surface area contributed by atoms with Crippen LogP contribution in [0.15, 0.2) is 84.7 Å². The Bertz CT molecular complexity index is 1330. The van der Waals surface area contributed by atoms with Crippen molar-refractivity contribution in [1.29, 1.82) is 0 Å². The van der Waals surface area contributed by atoms with Crippen LogP contribution in [0.5, 0.6) is 5.75 Å². The maximum absolute atomic E-state index is 13.7. The molecule has 0 bridgehead atoms. The van der Waals surface area contributed by atoms with E-state index in [4.69, 9.17) is 16.3 Å². The van der Waals surface area contributed by atoms with Crippen molar-refractivity contribution in [2.24, 2.45) is 0 Å². The highest BCUT2D eigenvalue weighted by Crippen LogP contribution is 2.51. The maximum Gasteiger partial charge on any atom is 0.226 e. The Hall–Kier alpha value is -3.64. The van der Waals surface area contributed by atoms with Crippen LogP contribution < -0.4 is 10.1 Å². The monoisotopic (exact) mass is 430 g/mol. The van der Waals surface area contributed by atoms with Gasteiger partial charge in [0.2, 0.25) is 5.95 Å². The fourth-order valence-electron chi connectivity index (χ4n) is 4.33. The van der Waals surface area contributed by atoms with Gasteiger partial charge < -0.3 is 10.1 Å². The Labute approximate surface area is 182 Å². The van der Waals surface area contributed by atoms with Gasteiger partial charge in [-0.2, -0.15) is 10.1 Å². The Kier molecular flexibility index (Phi) is 4.07. The lowest BCUT2D eigenvalue weighted by molar-refractivity contribution is 0.223. The zero-order valence-electron chi connectivity index (χ0n) is 16.2. The number of nitrogens with zero attached hydrogens (tertiary/aromatic N) is 3. The van der Waals surface area contributed by atoms with Gasteiger partial charge in [0.25, 0.3) is 0 Å². The molecule has 0 aliphatic carbocycles. The zero-order valence-corrected chi connectivity index (χ0v) is 16.9. The van der Waals surface area contributed by atoms with Crippen LogP contribution in [0.1, 0.15) is 28.8 Å². The molecule has 0 saturated carbocycles. The Morgan fingerprint density at radius 2 is 1.74 bits per heavy atom. The molecule has 2 aliphatic heterocycles. The van der Waals surface area contributed by atoms with Crippen LogP contribution in [0.25, 0.3) is 5.70 Å². The van der Waals surface area contributed by atoms with Gasteiger partial charge in [-0.25, -0.2) is 9.07 Å². The number of benzene rings is 3. The van der Waals surface area contributed by atoms with Gasteiger partial charge in [-0.1, -0.05) is 54.1 Å². The summed E-state index contributed by atoms with van der Waals surface area (Å²) >= 11 is 6.60. The van der Waals surface area contributed by atoms with Gasteiger partial charge in [-0.05, 0) is 35.9 Å². The molecule has 4 aromatic rings. The molecule has 3 heterocycles. The molecule has 0 unspecified atom stereocenters. The minimum Gasteiger partial charge on any atom is -0.480 e. The molecule has 31 heavy (non-hydrogen) atoms. The van der Waals surface area contributed by atoms with E-state index in [2.05, 4.69) is 15.4 Å². The molecule has 2 aliphatic rings. The molecule has 1 N–H and O–H groups in total. The topological polar surface area (TPSA) is 52.0 Å². The standard InChI is InChI=1S/C24H16ClFN4O/c25-18-7-3-1-5-16(18)23-20-21(17-6-2-4-8-19(17)31-23)29-24-27-13-28-30(24)22(20)14-9-11-15(26)12-10-14/h1-13,22-23H,(H,27,28,29)/t22-,23-/m1/s1. The molecule has 2 atom stereocenters. The predicted octanol–water partition coefficient (Wildman–Crippen LogP) is 5.63. The first-order valence-electron chi connectivity index (χ1n) is 9.87. The van der Waals surface area contributed by atoms with E-state index >= 15 is 0 Å². The second-order valence-corrected chi connectivity index (χ2v) is 7.86. The summed E-state index contributed by atoms with van der Waals surface area (Å²) in [6.45, 7) is 0. The van der Waals surface area contributed by atoms with E-state index in [0.29, 0.717) is 11.0 Å². The normalized spacial score (nSPS) is 19.0. The molecule has 7 heteroatoms. The fraction of sp³-hybridized carbons (Fsp3) is 0.0833. The Morgan fingerprint density at radius 1 is 0.968 bits per heavy atom. The van der Waals surface area contributed by atoms with Crippen LogP contribution in [0, 0.1) is 5.82 Å². The molecular weight excluding hydrogens is 415 g/mol. The zero-order chi connectivity index (χ0) is 20.9. The molecule has 5 nitrogen and oxygen atoms in total. The van der Waals surface area contributed by atoms with Gasteiger partial charge >= 0.3 is 0 Å². The van der Waals surface area contributed by atoms with Gasteiger partial charge in [0.1, 0.15) is 23.9 Å². The molecule has 6 rings (SSSR count). The lowest BCUT2D eigenvalue weighted by atomic mass is 9.84. The van der Waals surface area contributed by atoms with Crippen molar-refractivity contribution >= 4 is 23.2 Å². The minimum atomic E-state index is -0.460. The fourth-order valence-corrected chi connectivity index (χ4v) is 4.56. The number of hydrogen-bond acceptors (Lipinski definition) is 4. The van der Waals surface area contributed by atoms with Crippen LogP contribution in [-0.4, -0.2) is 14.8 Å². The molecular formula is C24H16ClFN4O. The van der Waals surface area contributed by atoms with Crippen LogP contribution >= 0.6 is 11.6 Å². The van der Waals surface area contributed by atoms with Crippen LogP contribution in [0.3, 0.4) is 0 Å². The third-order valence-corrected chi connectivity index (χ3v) is 6.04. The lowest BCUT2D eigenvalue weighted by Gasteiger charge is -2.39. The van der Waals surface area contributed by atoms with Crippen molar-refractivity contribution in [2.45, 2.75) is 12.1 Å². The van der Waals surface area contributed by atoms with E-state index in [1.54, 1.807) is 16.8 Å². The number of rotatable bonds is 2. The van der Waals surface area contributed by atoms with Crippen molar-refractivity contribution in [3.8, 4) is 5.75 Å². The molecule has 152 valence electrons. The first kappa shape index (κ1) is 18.2. The highest BCUT2D eigenvalue weighted by molar-refractivity contribution is 6.31. The summed E-state index contributed by atoms with van der Waals surface area (Å²) in [6, 6.07) is 21.6. The second-order valence-electron chi connectivity index (χ2n) is 7.45. The van der Waals surface area contributed by atoms with Gasteiger partial charge in [0.05, 0.1) is 5.70 Å². The maximum atomic E-state index is 13.7. The summed E-state index contributed by atoms with van der Waals surface area (Å²) < 4.78 is 22.0. The number of anilines is 1. The quantitative estimate of drug-likeness (QED) is 0.447. The largest absolute Gasteiger partial charge is 0.480 e. The van der Waals surface area contributed by atoms with E-state index in [1.165, 1.54) is 18.5 Å². The number of fused-ring (bicyclic) bond motifs is 3. The first-order valence-corrected chi connectivity index (χ1v) is 10.2.